The number of carbonyl (C=O) groups excluding carboxylic acids is 1. The average molecular weight is 304 g/mol. The molecule has 2 aromatic rings. The van der Waals surface area contributed by atoms with Crippen LogP contribution < -0.4 is 5.32 Å². The smallest absolute Gasteiger partial charge is 0.249 e. The normalized spacial score (nSPS) is 12.0. The molecule has 0 fully saturated rings. The Morgan fingerprint density at radius 2 is 2.24 bits per heavy atom. The molecule has 0 saturated carbocycles. The molecule has 5 nitrogen and oxygen atoms in total. The van der Waals surface area contributed by atoms with E-state index in [0.717, 1.165) is 17.8 Å². The Morgan fingerprint density at radius 1 is 1.48 bits per heavy atom. The highest BCUT2D eigenvalue weighted by Crippen LogP contribution is 2.21. The number of hydrogen-bond donors (Lipinski definition) is 1. The van der Waals surface area contributed by atoms with Crippen LogP contribution in [0.2, 0.25) is 0 Å². The molecule has 0 saturated heterocycles. The molecule has 0 spiro atoms. The zero-order chi connectivity index (χ0) is 15.5. The first-order chi connectivity index (χ1) is 9.83. The molecule has 2 rings (SSSR count). The number of aromatic nitrogens is 3. The molecule has 112 valence electrons. The van der Waals surface area contributed by atoms with Gasteiger partial charge in [0.2, 0.25) is 5.91 Å². The second-order valence-corrected chi connectivity index (χ2v) is 6.84. The van der Waals surface area contributed by atoms with Gasteiger partial charge in [0.1, 0.15) is 5.82 Å². The van der Waals surface area contributed by atoms with Crippen LogP contribution in [0.4, 0.5) is 5.82 Å². The zero-order valence-electron chi connectivity index (χ0n) is 12.8. The SMILES string of the molecule is Cn1nc(CC(C)(C)C)cc1NC(=O)/C=C/c1cscn1. The first kappa shape index (κ1) is 15.4. The molecule has 0 atom stereocenters. The van der Waals surface area contributed by atoms with Crippen molar-refractivity contribution in [2.75, 3.05) is 5.32 Å². The van der Waals surface area contributed by atoms with Crippen LogP contribution in [0.1, 0.15) is 32.2 Å². The Kier molecular flexibility index (Phi) is 4.57. The Morgan fingerprint density at radius 3 is 2.86 bits per heavy atom. The van der Waals surface area contributed by atoms with Crippen molar-refractivity contribution in [3.05, 3.63) is 34.4 Å². The molecule has 0 radical (unpaired) electrons. The van der Waals surface area contributed by atoms with Gasteiger partial charge in [-0.1, -0.05) is 20.8 Å². The van der Waals surface area contributed by atoms with Crippen LogP contribution in [-0.2, 0) is 18.3 Å². The maximum Gasteiger partial charge on any atom is 0.249 e. The van der Waals surface area contributed by atoms with E-state index < -0.39 is 0 Å². The van der Waals surface area contributed by atoms with Crippen LogP contribution in [0, 0.1) is 5.41 Å². The van der Waals surface area contributed by atoms with Crippen LogP contribution >= 0.6 is 11.3 Å². The standard InChI is InChI=1S/C15H20N4OS/c1-15(2,3)8-12-7-13(19(4)18-12)17-14(20)6-5-11-9-21-10-16-11/h5-7,9-10H,8H2,1-4H3,(H,17,20)/b6-5+. The third-order valence-electron chi connectivity index (χ3n) is 2.75. The summed E-state index contributed by atoms with van der Waals surface area (Å²) in [6, 6.07) is 1.92. The second-order valence-electron chi connectivity index (χ2n) is 6.12. The zero-order valence-corrected chi connectivity index (χ0v) is 13.6. The largest absolute Gasteiger partial charge is 0.307 e. The van der Waals surface area contributed by atoms with Crippen LogP contribution in [0.15, 0.2) is 23.0 Å². The van der Waals surface area contributed by atoms with Crippen molar-refractivity contribution in [2.24, 2.45) is 12.5 Å². The van der Waals surface area contributed by atoms with Gasteiger partial charge in [-0.25, -0.2) is 4.98 Å². The maximum atomic E-state index is 11.9. The van der Waals surface area contributed by atoms with E-state index in [1.165, 1.54) is 17.4 Å². The Hall–Kier alpha value is -1.95. The highest BCUT2D eigenvalue weighted by Gasteiger charge is 2.15. The third kappa shape index (κ3) is 4.82. The summed E-state index contributed by atoms with van der Waals surface area (Å²) < 4.78 is 1.69. The minimum atomic E-state index is -0.187. The number of rotatable bonds is 4. The van der Waals surface area contributed by atoms with Gasteiger partial charge in [-0.15, -0.1) is 11.3 Å². The number of aryl methyl sites for hydroxylation is 1. The first-order valence-electron chi connectivity index (χ1n) is 6.74. The summed E-state index contributed by atoms with van der Waals surface area (Å²) in [4.78, 5) is 16.0. The highest BCUT2D eigenvalue weighted by atomic mass is 32.1. The minimum Gasteiger partial charge on any atom is -0.307 e. The van der Waals surface area contributed by atoms with Gasteiger partial charge in [-0.05, 0) is 17.9 Å². The molecule has 0 unspecified atom stereocenters. The third-order valence-corrected chi connectivity index (χ3v) is 3.35. The minimum absolute atomic E-state index is 0.167. The molecule has 0 aromatic carbocycles. The topological polar surface area (TPSA) is 59.8 Å². The number of hydrogen-bond acceptors (Lipinski definition) is 4. The number of amides is 1. The summed E-state index contributed by atoms with van der Waals surface area (Å²) in [5.41, 5.74) is 3.66. The van der Waals surface area contributed by atoms with Crippen LogP contribution in [0.5, 0.6) is 0 Å². The van der Waals surface area contributed by atoms with Gasteiger partial charge in [0.15, 0.2) is 0 Å². The molecule has 2 heterocycles. The van der Waals surface area contributed by atoms with Gasteiger partial charge in [-0.3, -0.25) is 9.48 Å². The van der Waals surface area contributed by atoms with Crippen molar-refractivity contribution in [1.29, 1.82) is 0 Å². The maximum absolute atomic E-state index is 11.9. The predicted octanol–water partition coefficient (Wildman–Crippen LogP) is 3.12. The lowest BCUT2D eigenvalue weighted by atomic mass is 9.91. The quantitative estimate of drug-likeness (QED) is 0.883. The monoisotopic (exact) mass is 304 g/mol. The van der Waals surface area contributed by atoms with E-state index in [1.807, 2.05) is 18.5 Å². The fourth-order valence-corrected chi connectivity index (χ4v) is 2.43. The molecule has 21 heavy (non-hydrogen) atoms. The summed E-state index contributed by atoms with van der Waals surface area (Å²) in [6.45, 7) is 6.49. The van der Waals surface area contributed by atoms with E-state index in [1.54, 1.807) is 16.3 Å². The molecule has 6 heteroatoms. The molecule has 0 aliphatic carbocycles. The number of nitrogens with one attached hydrogen (secondary N) is 1. The molecule has 0 bridgehead atoms. The summed E-state index contributed by atoms with van der Waals surface area (Å²) in [7, 11) is 1.83. The summed E-state index contributed by atoms with van der Waals surface area (Å²) in [6.07, 6.45) is 4.04. The lowest BCUT2D eigenvalue weighted by Crippen LogP contribution is -2.11. The molecule has 0 aliphatic heterocycles. The molecule has 2 aromatic heterocycles. The van der Waals surface area contributed by atoms with Gasteiger partial charge in [0.25, 0.3) is 0 Å². The Labute approximate surface area is 128 Å². The van der Waals surface area contributed by atoms with Crippen LogP contribution in [-0.4, -0.2) is 20.7 Å². The molecular formula is C15H20N4OS. The number of nitrogens with zero attached hydrogens (tertiary/aromatic N) is 3. The fraction of sp³-hybridized carbons (Fsp3) is 0.400. The molecule has 1 N–H and O–H groups in total. The van der Waals surface area contributed by atoms with Gasteiger partial charge in [0.05, 0.1) is 16.9 Å². The summed E-state index contributed by atoms with van der Waals surface area (Å²) in [5, 5.41) is 9.14. The number of anilines is 1. The van der Waals surface area contributed by atoms with Crippen LogP contribution in [0.3, 0.4) is 0 Å². The van der Waals surface area contributed by atoms with E-state index in [9.17, 15) is 4.79 Å². The highest BCUT2D eigenvalue weighted by molar-refractivity contribution is 7.07. The molecule has 1 amide bonds. The van der Waals surface area contributed by atoms with E-state index >= 15 is 0 Å². The Balaban J connectivity index is 2.01. The van der Waals surface area contributed by atoms with Crippen molar-refractivity contribution in [1.82, 2.24) is 14.8 Å². The lowest BCUT2D eigenvalue weighted by Gasteiger charge is -2.15. The van der Waals surface area contributed by atoms with E-state index in [4.69, 9.17) is 0 Å². The lowest BCUT2D eigenvalue weighted by molar-refractivity contribution is -0.111. The number of thiazole rings is 1. The summed E-state index contributed by atoms with van der Waals surface area (Å²) in [5.74, 6) is 0.510. The average Bonchev–Trinajstić information content (AvgIpc) is 2.96. The van der Waals surface area contributed by atoms with E-state index in [0.29, 0.717) is 5.82 Å². The van der Waals surface area contributed by atoms with Gasteiger partial charge in [-0.2, -0.15) is 5.10 Å². The van der Waals surface area contributed by atoms with Crippen molar-refractivity contribution < 1.29 is 4.79 Å². The Bertz CT molecular complexity index is 635. The van der Waals surface area contributed by atoms with Gasteiger partial charge < -0.3 is 5.32 Å². The van der Waals surface area contributed by atoms with Crippen molar-refractivity contribution in [2.45, 2.75) is 27.2 Å². The van der Waals surface area contributed by atoms with Crippen LogP contribution in [0.25, 0.3) is 6.08 Å². The first-order valence-corrected chi connectivity index (χ1v) is 7.68. The van der Waals surface area contributed by atoms with Gasteiger partial charge in [0, 0.05) is 24.6 Å². The molecule has 0 aliphatic rings. The van der Waals surface area contributed by atoms with Gasteiger partial charge >= 0.3 is 0 Å². The molecular weight excluding hydrogens is 284 g/mol. The van der Waals surface area contributed by atoms with Crippen molar-refractivity contribution in [3.63, 3.8) is 0 Å². The van der Waals surface area contributed by atoms with E-state index in [2.05, 4.69) is 36.2 Å². The predicted molar refractivity (Wildman–Crippen MR) is 86.1 cm³/mol. The van der Waals surface area contributed by atoms with Crippen molar-refractivity contribution in [3.8, 4) is 0 Å². The number of carbonyl (C=O) groups is 1. The summed E-state index contributed by atoms with van der Waals surface area (Å²) >= 11 is 1.50. The van der Waals surface area contributed by atoms with Crippen molar-refractivity contribution >= 4 is 29.1 Å². The second kappa shape index (κ2) is 6.22. The van der Waals surface area contributed by atoms with E-state index in [-0.39, 0.29) is 11.3 Å². The fourth-order valence-electron chi connectivity index (χ4n) is 1.91.